The molecule has 4 aliphatic rings. The van der Waals surface area contributed by atoms with E-state index in [1.165, 1.54) is 11.0 Å². The third kappa shape index (κ3) is 3.67. The second-order valence-corrected chi connectivity index (χ2v) is 11.0. The molecule has 204 valence electrons. The van der Waals surface area contributed by atoms with Crippen molar-refractivity contribution in [2.24, 2.45) is 17.6 Å². The Balaban J connectivity index is 1.60. The third-order valence-corrected chi connectivity index (χ3v) is 8.67. The summed E-state index contributed by atoms with van der Waals surface area (Å²) >= 11 is 0. The van der Waals surface area contributed by atoms with Crippen molar-refractivity contribution < 1.29 is 39.2 Å². The van der Waals surface area contributed by atoms with Crippen LogP contribution in [0.3, 0.4) is 0 Å². The van der Waals surface area contributed by atoms with Crippen molar-refractivity contribution in [3.8, 4) is 5.75 Å². The topological polar surface area (TPSA) is 173 Å². The number of amides is 1. The molecule has 0 bridgehead atoms. The zero-order valence-electron chi connectivity index (χ0n) is 21.3. The first-order valence-electron chi connectivity index (χ1n) is 12.8. The number of likely N-dealkylation sites (N-methyl/N-ethyl adjacent to an activating group) is 1. The van der Waals surface area contributed by atoms with Gasteiger partial charge in [-0.3, -0.25) is 19.3 Å². The van der Waals surface area contributed by atoms with E-state index in [0.717, 1.165) is 25.7 Å². The lowest BCUT2D eigenvalue weighted by molar-refractivity contribution is -0.148. The molecule has 5 rings (SSSR count). The number of halogens is 1. The maximum absolute atomic E-state index is 15.7. The van der Waals surface area contributed by atoms with Crippen molar-refractivity contribution in [3.05, 3.63) is 51.2 Å². The van der Waals surface area contributed by atoms with Gasteiger partial charge < -0.3 is 31.5 Å². The minimum atomic E-state index is -2.72. The smallest absolute Gasteiger partial charge is 0.255 e. The van der Waals surface area contributed by atoms with E-state index in [2.05, 4.69) is 5.32 Å². The number of phenols is 1. The van der Waals surface area contributed by atoms with Gasteiger partial charge in [-0.2, -0.15) is 0 Å². The SMILES string of the molecule is CN(C)[C@@H]1C(O)=C(C(N)=O)C(=O)[C@@]2(O)C(O)=C3C(=O)c4c(O)cc(CNC5CCCC5)c(F)c4C[C@H]3C[C@@H]12. The number of primary amides is 1. The number of carbonyl (C=O) groups excluding carboxylic acids is 3. The number of allylic oxidation sites excluding steroid dienone is 1. The first-order chi connectivity index (χ1) is 17.9. The lowest BCUT2D eigenvalue weighted by Crippen LogP contribution is -2.63. The zero-order chi connectivity index (χ0) is 27.7. The third-order valence-electron chi connectivity index (χ3n) is 8.67. The molecule has 0 radical (unpaired) electrons. The van der Waals surface area contributed by atoms with Crippen LogP contribution in [0.1, 0.15) is 53.6 Å². The summed E-state index contributed by atoms with van der Waals surface area (Å²) in [6.45, 7) is 0.179. The van der Waals surface area contributed by atoms with Crippen molar-refractivity contribution in [3.63, 3.8) is 0 Å². The number of aliphatic hydroxyl groups is 3. The predicted octanol–water partition coefficient (Wildman–Crippen LogP) is 1.29. The Morgan fingerprint density at radius 2 is 1.87 bits per heavy atom. The number of aliphatic hydroxyl groups excluding tert-OH is 2. The van der Waals surface area contributed by atoms with Gasteiger partial charge in [0.2, 0.25) is 5.78 Å². The van der Waals surface area contributed by atoms with Gasteiger partial charge >= 0.3 is 0 Å². The van der Waals surface area contributed by atoms with Gasteiger partial charge in [0, 0.05) is 35.2 Å². The summed E-state index contributed by atoms with van der Waals surface area (Å²) < 4.78 is 15.7. The molecule has 0 saturated heterocycles. The van der Waals surface area contributed by atoms with Crippen molar-refractivity contribution in [1.29, 1.82) is 0 Å². The van der Waals surface area contributed by atoms with E-state index in [1.54, 1.807) is 14.1 Å². The number of benzene rings is 1. The molecule has 1 aromatic carbocycles. The van der Waals surface area contributed by atoms with Gasteiger partial charge in [-0.1, -0.05) is 12.8 Å². The van der Waals surface area contributed by atoms with Crippen LogP contribution in [0.4, 0.5) is 4.39 Å². The number of carbonyl (C=O) groups is 3. The van der Waals surface area contributed by atoms with Crippen molar-refractivity contribution >= 4 is 17.5 Å². The number of nitrogens with one attached hydrogen (secondary N) is 1. The molecular formula is C27H32FN3O7. The minimum absolute atomic E-state index is 0.00587. The number of fused-ring (bicyclic) bond motifs is 3. The summed E-state index contributed by atoms with van der Waals surface area (Å²) in [6, 6.07) is 0.349. The second-order valence-electron chi connectivity index (χ2n) is 11.0. The van der Waals surface area contributed by atoms with E-state index in [-0.39, 0.29) is 47.7 Å². The molecule has 0 aromatic heterocycles. The highest BCUT2D eigenvalue weighted by Gasteiger charge is 2.63. The quantitative estimate of drug-likeness (QED) is 0.307. The van der Waals surface area contributed by atoms with Crippen molar-refractivity contribution in [2.75, 3.05) is 14.1 Å². The Kier molecular flexibility index (Phi) is 6.36. The van der Waals surface area contributed by atoms with Crippen LogP contribution >= 0.6 is 0 Å². The summed E-state index contributed by atoms with van der Waals surface area (Å²) in [5, 5.41) is 47.7. The molecule has 1 amide bonds. The van der Waals surface area contributed by atoms with Crippen molar-refractivity contribution in [2.45, 2.75) is 62.8 Å². The minimum Gasteiger partial charge on any atom is -0.510 e. The van der Waals surface area contributed by atoms with Gasteiger partial charge in [-0.25, -0.2) is 4.39 Å². The van der Waals surface area contributed by atoms with E-state index in [9.17, 15) is 34.8 Å². The fraction of sp³-hybridized carbons (Fsp3) is 0.519. The summed E-state index contributed by atoms with van der Waals surface area (Å²) in [7, 11) is 3.10. The Morgan fingerprint density at radius 3 is 2.47 bits per heavy atom. The first kappa shape index (κ1) is 26.3. The summed E-state index contributed by atoms with van der Waals surface area (Å²) in [6.07, 6.45) is 4.00. The first-order valence-corrected chi connectivity index (χ1v) is 12.8. The fourth-order valence-corrected chi connectivity index (χ4v) is 6.87. The molecule has 0 unspecified atom stereocenters. The Morgan fingerprint density at radius 1 is 1.21 bits per heavy atom. The van der Waals surface area contributed by atoms with Crippen LogP contribution in [0, 0.1) is 17.7 Å². The molecule has 0 spiro atoms. The fourth-order valence-electron chi connectivity index (χ4n) is 6.87. The van der Waals surface area contributed by atoms with Crippen LogP contribution in [0.2, 0.25) is 0 Å². The maximum Gasteiger partial charge on any atom is 0.255 e. The van der Waals surface area contributed by atoms with Crippen LogP contribution in [-0.4, -0.2) is 74.6 Å². The van der Waals surface area contributed by atoms with Gasteiger partial charge in [-0.15, -0.1) is 0 Å². The van der Waals surface area contributed by atoms with Gasteiger partial charge in [0.05, 0.1) is 11.6 Å². The van der Waals surface area contributed by atoms with E-state index in [0.29, 0.717) is 0 Å². The lowest BCUT2D eigenvalue weighted by atomic mass is 9.58. The average molecular weight is 530 g/mol. The number of hydrogen-bond donors (Lipinski definition) is 6. The van der Waals surface area contributed by atoms with Crippen molar-refractivity contribution in [1.82, 2.24) is 10.2 Å². The number of phenolic OH excluding ortho intramolecular Hbond substituents is 1. The molecule has 1 aromatic rings. The summed E-state index contributed by atoms with van der Waals surface area (Å²) in [4.78, 5) is 40.4. The molecule has 4 atom stereocenters. The van der Waals surface area contributed by atoms with E-state index in [1.807, 2.05) is 0 Å². The molecule has 11 heteroatoms. The largest absolute Gasteiger partial charge is 0.510 e. The summed E-state index contributed by atoms with van der Waals surface area (Å²) in [5.74, 6) is -8.17. The molecule has 0 heterocycles. The second kappa shape index (κ2) is 9.18. The monoisotopic (exact) mass is 529 g/mol. The molecule has 10 nitrogen and oxygen atoms in total. The van der Waals surface area contributed by atoms with Gasteiger partial charge in [0.1, 0.15) is 28.7 Å². The van der Waals surface area contributed by atoms with Crippen LogP contribution in [0.5, 0.6) is 5.75 Å². The van der Waals surface area contributed by atoms with Crippen LogP contribution < -0.4 is 11.1 Å². The highest BCUT2D eigenvalue weighted by molar-refractivity contribution is 6.24. The number of rotatable bonds is 5. The number of hydrogen-bond acceptors (Lipinski definition) is 9. The Labute approximate surface area is 218 Å². The predicted molar refractivity (Wildman–Crippen MR) is 133 cm³/mol. The van der Waals surface area contributed by atoms with Gasteiger partial charge in [0.15, 0.2) is 11.4 Å². The number of nitrogens with zero attached hydrogens (tertiary/aromatic N) is 1. The van der Waals surface area contributed by atoms with E-state index < -0.39 is 69.6 Å². The average Bonchev–Trinajstić information content (AvgIpc) is 3.36. The normalized spacial score (nSPS) is 29.6. The lowest BCUT2D eigenvalue weighted by Gasteiger charge is -2.50. The Hall–Kier alpha value is -3.28. The number of ketones is 2. The Bertz CT molecular complexity index is 1310. The molecule has 1 saturated carbocycles. The summed E-state index contributed by atoms with van der Waals surface area (Å²) in [5.41, 5.74) is 1.32. The van der Waals surface area contributed by atoms with Crippen LogP contribution in [0.15, 0.2) is 28.7 Å². The van der Waals surface area contributed by atoms with Gasteiger partial charge in [0.25, 0.3) is 5.91 Å². The molecule has 0 aliphatic heterocycles. The molecule has 38 heavy (non-hydrogen) atoms. The van der Waals surface area contributed by atoms with E-state index >= 15 is 4.39 Å². The van der Waals surface area contributed by atoms with Crippen LogP contribution in [-0.2, 0) is 22.6 Å². The van der Waals surface area contributed by atoms with E-state index in [4.69, 9.17) is 5.73 Å². The number of Topliss-reactive ketones (excluding diaryl/α,β-unsaturated/α-hetero) is 2. The molecule has 7 N–H and O–H groups in total. The van der Waals surface area contributed by atoms with Crippen LogP contribution in [0.25, 0.3) is 0 Å². The highest BCUT2D eigenvalue weighted by atomic mass is 19.1. The molecule has 1 fully saturated rings. The molecule has 4 aliphatic carbocycles. The molecular weight excluding hydrogens is 497 g/mol. The number of aromatic hydroxyl groups is 1. The number of nitrogens with two attached hydrogens (primary N) is 1. The standard InChI is InChI=1S/C27H32FN3O7/c1-31(2)21-15-8-11-7-14-18(16(32)9-12(20(14)28)10-30-13-5-3-4-6-13)22(33)17(11)24(35)27(15,38)25(36)19(23(21)34)26(29)37/h9,11,13,15,21,30,32,34-35,38H,3-8,10H2,1-2H3,(H2,29,37)/t11-,15-,21-,27-/m0/s1. The highest BCUT2D eigenvalue weighted by Crippen LogP contribution is 2.52. The maximum atomic E-state index is 15.7. The van der Waals surface area contributed by atoms with Gasteiger partial charge in [-0.05, 0) is 51.8 Å². The zero-order valence-corrected chi connectivity index (χ0v) is 21.3.